The van der Waals surface area contributed by atoms with Gasteiger partial charge in [0.1, 0.15) is 18.7 Å². The van der Waals surface area contributed by atoms with E-state index >= 15 is 0 Å². The molecule has 0 aliphatic carbocycles. The van der Waals surface area contributed by atoms with Crippen LogP contribution in [0.3, 0.4) is 0 Å². The van der Waals surface area contributed by atoms with Crippen molar-refractivity contribution in [1.82, 2.24) is 5.32 Å². The van der Waals surface area contributed by atoms with Gasteiger partial charge in [-0.15, -0.1) is 0 Å². The molecule has 0 atom stereocenters. The van der Waals surface area contributed by atoms with Gasteiger partial charge in [-0.25, -0.2) is 4.98 Å². The number of carbonyl (C=O) groups is 1. The molecule has 112 valence electrons. The van der Waals surface area contributed by atoms with E-state index in [1.165, 1.54) is 18.1 Å². The highest BCUT2D eigenvalue weighted by molar-refractivity contribution is 5.78. The van der Waals surface area contributed by atoms with Crippen molar-refractivity contribution in [2.24, 2.45) is 0 Å². The number of amides is 1. The second-order valence-electron chi connectivity index (χ2n) is 5.13. The molecule has 2 aromatic rings. The van der Waals surface area contributed by atoms with Gasteiger partial charge in [0.05, 0.1) is 6.54 Å². The van der Waals surface area contributed by atoms with Gasteiger partial charge >= 0.3 is 0 Å². The fourth-order valence-corrected chi connectivity index (χ4v) is 2.21. The number of hydrogen-bond donors (Lipinski definition) is 2. The molecule has 1 heterocycles. The number of methoxy groups -OCH3 is 1. The van der Waals surface area contributed by atoms with Crippen molar-refractivity contribution in [3.63, 3.8) is 0 Å². The Labute approximate surface area is 124 Å². The van der Waals surface area contributed by atoms with Crippen molar-refractivity contribution < 1.29 is 14.5 Å². The zero-order chi connectivity index (χ0) is 15.2. The van der Waals surface area contributed by atoms with Gasteiger partial charge in [-0.1, -0.05) is 11.6 Å². The van der Waals surface area contributed by atoms with Crippen molar-refractivity contribution in [2.45, 2.75) is 13.8 Å². The third-order valence-corrected chi connectivity index (χ3v) is 3.26. The summed E-state index contributed by atoms with van der Waals surface area (Å²) in [6, 6.07) is 8.48. The molecular formula is C16H22N3O2+. The van der Waals surface area contributed by atoms with E-state index in [0.717, 1.165) is 16.9 Å². The molecule has 1 aromatic carbocycles. The van der Waals surface area contributed by atoms with Crippen LogP contribution in [0.5, 0.6) is 0 Å². The van der Waals surface area contributed by atoms with Gasteiger partial charge in [0.25, 0.3) is 5.82 Å². The first-order chi connectivity index (χ1) is 10.1. The second kappa shape index (κ2) is 7.04. The SMILES string of the molecule is COCC(=O)NCCNc1[nH+]c2ccc(C)cc2cc1C. The Morgan fingerprint density at radius 2 is 2.05 bits per heavy atom. The van der Waals surface area contributed by atoms with Gasteiger partial charge < -0.3 is 10.1 Å². The lowest BCUT2D eigenvalue weighted by Crippen LogP contribution is -2.32. The third kappa shape index (κ3) is 4.16. The van der Waals surface area contributed by atoms with Gasteiger partial charge in [0, 0.05) is 18.1 Å². The summed E-state index contributed by atoms with van der Waals surface area (Å²) in [4.78, 5) is 14.6. The molecule has 1 aromatic heterocycles. The Hall–Kier alpha value is -2.14. The van der Waals surface area contributed by atoms with Crippen LogP contribution in [0, 0.1) is 13.8 Å². The number of H-pyrrole nitrogens is 1. The predicted octanol–water partition coefficient (Wildman–Crippen LogP) is 1.45. The first-order valence-electron chi connectivity index (χ1n) is 7.03. The first-order valence-corrected chi connectivity index (χ1v) is 7.03. The molecule has 0 aliphatic rings. The predicted molar refractivity (Wildman–Crippen MR) is 83.4 cm³/mol. The van der Waals surface area contributed by atoms with Gasteiger partial charge in [0.15, 0.2) is 0 Å². The molecule has 3 N–H and O–H groups in total. The normalized spacial score (nSPS) is 10.6. The summed E-state index contributed by atoms with van der Waals surface area (Å²) >= 11 is 0. The molecule has 5 nitrogen and oxygen atoms in total. The Morgan fingerprint density at radius 3 is 2.81 bits per heavy atom. The van der Waals surface area contributed by atoms with Gasteiger partial charge in [0.2, 0.25) is 5.91 Å². The monoisotopic (exact) mass is 288 g/mol. The first kappa shape index (κ1) is 15.3. The summed E-state index contributed by atoms with van der Waals surface area (Å²) < 4.78 is 4.76. The fraction of sp³-hybridized carbons (Fsp3) is 0.375. The van der Waals surface area contributed by atoms with Crippen molar-refractivity contribution in [2.75, 3.05) is 32.1 Å². The number of aryl methyl sites for hydroxylation is 2. The zero-order valence-electron chi connectivity index (χ0n) is 12.7. The number of aromatic nitrogens is 1. The van der Waals surface area contributed by atoms with E-state index in [9.17, 15) is 4.79 Å². The maximum atomic E-state index is 11.3. The smallest absolute Gasteiger partial charge is 0.275 e. The zero-order valence-corrected chi connectivity index (χ0v) is 12.7. The van der Waals surface area contributed by atoms with E-state index < -0.39 is 0 Å². The van der Waals surface area contributed by atoms with Gasteiger partial charge in [-0.3, -0.25) is 10.1 Å². The number of carbonyl (C=O) groups excluding carboxylic acids is 1. The number of rotatable bonds is 6. The summed E-state index contributed by atoms with van der Waals surface area (Å²) in [5.41, 5.74) is 3.49. The minimum absolute atomic E-state index is 0.0977. The van der Waals surface area contributed by atoms with E-state index in [-0.39, 0.29) is 12.5 Å². The largest absolute Gasteiger partial charge is 0.375 e. The molecule has 0 bridgehead atoms. The number of aromatic amines is 1. The summed E-state index contributed by atoms with van der Waals surface area (Å²) in [6.45, 7) is 5.46. The lowest BCUT2D eigenvalue weighted by Gasteiger charge is -2.06. The van der Waals surface area contributed by atoms with Crippen LogP contribution < -0.4 is 15.6 Å². The van der Waals surface area contributed by atoms with Crippen LogP contribution in [-0.4, -0.2) is 32.7 Å². The molecule has 0 saturated carbocycles. The Balaban J connectivity index is 1.97. The van der Waals surface area contributed by atoms with Crippen LogP contribution in [0.2, 0.25) is 0 Å². The molecule has 0 fully saturated rings. The van der Waals surface area contributed by atoms with Crippen LogP contribution in [0.4, 0.5) is 5.82 Å². The number of pyridine rings is 1. The number of fused-ring (bicyclic) bond motifs is 1. The van der Waals surface area contributed by atoms with E-state index in [1.54, 1.807) is 0 Å². The Morgan fingerprint density at radius 1 is 1.24 bits per heavy atom. The maximum Gasteiger partial charge on any atom is 0.275 e. The molecule has 0 radical (unpaired) electrons. The van der Waals surface area contributed by atoms with Crippen LogP contribution in [-0.2, 0) is 9.53 Å². The van der Waals surface area contributed by atoms with Crippen molar-refractivity contribution in [3.8, 4) is 0 Å². The summed E-state index contributed by atoms with van der Waals surface area (Å²) in [5, 5.41) is 7.28. The van der Waals surface area contributed by atoms with E-state index in [2.05, 4.69) is 53.7 Å². The van der Waals surface area contributed by atoms with Crippen molar-refractivity contribution in [1.29, 1.82) is 0 Å². The van der Waals surface area contributed by atoms with Crippen LogP contribution in [0.15, 0.2) is 24.3 Å². The van der Waals surface area contributed by atoms with E-state index in [1.807, 2.05) is 0 Å². The fourth-order valence-electron chi connectivity index (χ4n) is 2.21. The Bertz CT molecular complexity index is 641. The minimum Gasteiger partial charge on any atom is -0.375 e. The summed E-state index contributed by atoms with van der Waals surface area (Å²) in [7, 11) is 1.51. The molecule has 1 amide bonds. The molecule has 0 unspecified atom stereocenters. The summed E-state index contributed by atoms with van der Waals surface area (Å²) in [5.74, 6) is 0.876. The third-order valence-electron chi connectivity index (χ3n) is 3.26. The highest BCUT2D eigenvalue weighted by Crippen LogP contribution is 2.17. The summed E-state index contributed by atoms with van der Waals surface area (Å²) in [6.07, 6.45) is 0. The minimum atomic E-state index is -0.103. The molecular weight excluding hydrogens is 266 g/mol. The highest BCUT2D eigenvalue weighted by Gasteiger charge is 2.09. The molecule has 21 heavy (non-hydrogen) atoms. The van der Waals surface area contributed by atoms with Crippen LogP contribution in [0.25, 0.3) is 10.9 Å². The molecule has 0 saturated heterocycles. The molecule has 0 aliphatic heterocycles. The van der Waals surface area contributed by atoms with E-state index in [0.29, 0.717) is 13.1 Å². The number of hydrogen-bond acceptors (Lipinski definition) is 3. The number of anilines is 1. The average molecular weight is 288 g/mol. The molecule has 0 spiro atoms. The van der Waals surface area contributed by atoms with Gasteiger partial charge in [-0.2, -0.15) is 0 Å². The second-order valence-corrected chi connectivity index (χ2v) is 5.13. The van der Waals surface area contributed by atoms with Crippen LogP contribution in [0.1, 0.15) is 11.1 Å². The van der Waals surface area contributed by atoms with Crippen molar-refractivity contribution in [3.05, 3.63) is 35.4 Å². The van der Waals surface area contributed by atoms with Crippen molar-refractivity contribution >= 4 is 22.6 Å². The van der Waals surface area contributed by atoms with E-state index in [4.69, 9.17) is 4.74 Å². The average Bonchev–Trinajstić information content (AvgIpc) is 2.44. The Kier molecular flexibility index (Phi) is 5.11. The quantitative estimate of drug-likeness (QED) is 0.791. The standard InChI is InChI=1S/C16H21N3O2/c1-11-4-5-14-13(8-11)9-12(2)16(19-14)18-7-6-17-15(20)10-21-3/h4-5,8-9H,6-7,10H2,1-3H3,(H,17,20)(H,18,19)/p+1. The molecule has 2 rings (SSSR count). The van der Waals surface area contributed by atoms with Gasteiger partial charge in [-0.05, 0) is 32.0 Å². The number of ether oxygens (including phenoxy) is 1. The molecule has 5 heteroatoms. The lowest BCUT2D eigenvalue weighted by molar-refractivity contribution is -0.327. The number of benzene rings is 1. The lowest BCUT2D eigenvalue weighted by atomic mass is 10.1. The van der Waals surface area contributed by atoms with Crippen LogP contribution >= 0.6 is 0 Å². The topological polar surface area (TPSA) is 64.5 Å². The maximum absolute atomic E-state index is 11.3. The highest BCUT2D eigenvalue weighted by atomic mass is 16.5. The number of nitrogens with one attached hydrogen (secondary N) is 3.